The molecule has 8 atom stereocenters. The molecule has 0 N–H and O–H groups in total. The molecule has 210 valence electrons. The number of fused-ring (bicyclic) bond motifs is 5. The number of hydrogen-bond acceptors (Lipinski definition) is 7. The van der Waals surface area contributed by atoms with E-state index in [9.17, 15) is 19.2 Å². The van der Waals surface area contributed by atoms with Crippen LogP contribution in [0.15, 0.2) is 46.6 Å². The number of ketones is 1. The van der Waals surface area contributed by atoms with Gasteiger partial charge < -0.3 is 14.1 Å². The minimum atomic E-state index is -1.50. The Kier molecular flexibility index (Phi) is 6.60. The predicted molar refractivity (Wildman–Crippen MR) is 149 cm³/mol. The van der Waals surface area contributed by atoms with Gasteiger partial charge in [-0.05, 0) is 73.1 Å². The minimum absolute atomic E-state index is 0.0380. The summed E-state index contributed by atoms with van der Waals surface area (Å²) in [6.45, 7) is 10.9. The number of nitrogens with zero attached hydrogens (tertiary/aromatic N) is 1. The van der Waals surface area contributed by atoms with Gasteiger partial charge in [-0.3, -0.25) is 14.4 Å². The van der Waals surface area contributed by atoms with Gasteiger partial charge in [0.15, 0.2) is 11.4 Å². The van der Waals surface area contributed by atoms with Crippen LogP contribution in [0, 0.1) is 39.9 Å². The topological polar surface area (TPSA) is 93.9 Å². The lowest BCUT2D eigenvalue weighted by Gasteiger charge is -2.66. The summed E-state index contributed by atoms with van der Waals surface area (Å²) < 4.78 is 11.7. The molecule has 4 aliphatic carbocycles. The highest BCUT2D eigenvalue weighted by Crippen LogP contribution is 2.75. The average molecular weight is 554 g/mol. The maximum Gasteiger partial charge on any atom is 0.375 e. The Morgan fingerprint density at radius 2 is 1.82 bits per heavy atom. The zero-order valence-electron chi connectivity index (χ0n) is 23.9. The van der Waals surface area contributed by atoms with Crippen LogP contribution in [0.3, 0.4) is 0 Å². The highest BCUT2D eigenvalue weighted by Gasteiger charge is 2.75. The van der Waals surface area contributed by atoms with Crippen LogP contribution in [0.25, 0.3) is 0 Å². The second-order valence-corrected chi connectivity index (χ2v) is 13.9. The highest BCUT2D eigenvalue weighted by molar-refractivity contribution is 8.26. The first-order chi connectivity index (χ1) is 18.2. The van der Waals surface area contributed by atoms with E-state index in [-0.39, 0.29) is 46.0 Å². The molecule has 4 aliphatic rings. The number of hydrogen-bond donors (Lipinski definition) is 0. The standard InChI is InChI=1S/C31H39NO6S/c1-18-15-23-22-11-10-20-16-21(33)12-13-28(20,3)30(22,5)19(2)17-29(23,4)31(18,26(35)39-27(36)32(6)7)38-25(34)24-9-8-14-37-24/h8-9,12-14,16,18-19,22-23H,10-11,15,17H2,1-7H3/t18-,19+,22?,23?,28+,29+,30-,31+/m1/s1. The van der Waals surface area contributed by atoms with Gasteiger partial charge in [0.2, 0.25) is 10.9 Å². The van der Waals surface area contributed by atoms with Gasteiger partial charge in [0.05, 0.1) is 6.26 Å². The van der Waals surface area contributed by atoms with E-state index in [1.54, 1.807) is 26.2 Å². The van der Waals surface area contributed by atoms with E-state index in [1.165, 1.54) is 22.8 Å². The first kappa shape index (κ1) is 27.9. The van der Waals surface area contributed by atoms with Gasteiger partial charge in [0.25, 0.3) is 5.24 Å². The van der Waals surface area contributed by atoms with Crippen LogP contribution in [-0.4, -0.2) is 46.7 Å². The number of esters is 1. The Balaban J connectivity index is 1.62. The fraction of sp³-hybridized carbons (Fsp3) is 0.613. The summed E-state index contributed by atoms with van der Waals surface area (Å²) in [6, 6.07) is 3.15. The fourth-order valence-corrected chi connectivity index (χ4v) is 9.98. The lowest BCUT2D eigenvalue weighted by atomic mass is 9.38. The molecule has 0 saturated heterocycles. The zero-order chi connectivity index (χ0) is 28.5. The van der Waals surface area contributed by atoms with E-state index in [0.29, 0.717) is 24.6 Å². The molecule has 3 fully saturated rings. The monoisotopic (exact) mass is 553 g/mol. The quantitative estimate of drug-likeness (QED) is 0.405. The summed E-state index contributed by atoms with van der Waals surface area (Å²) in [7, 11) is 3.22. The molecule has 39 heavy (non-hydrogen) atoms. The molecule has 1 aromatic heterocycles. The third-order valence-corrected chi connectivity index (χ3v) is 12.2. The van der Waals surface area contributed by atoms with Crippen molar-refractivity contribution in [1.82, 2.24) is 4.90 Å². The molecule has 1 aromatic rings. The lowest BCUT2D eigenvalue weighted by Crippen LogP contribution is -2.65. The summed E-state index contributed by atoms with van der Waals surface area (Å²) >= 11 is 0.631. The summed E-state index contributed by atoms with van der Waals surface area (Å²) in [6.07, 6.45) is 10.1. The summed E-state index contributed by atoms with van der Waals surface area (Å²) in [5.74, 6) is -0.438. The third-order valence-electron chi connectivity index (χ3n) is 11.2. The van der Waals surface area contributed by atoms with Gasteiger partial charge in [0, 0.05) is 42.6 Å². The first-order valence-electron chi connectivity index (χ1n) is 13.9. The minimum Gasteiger partial charge on any atom is -0.457 e. The normalized spacial score (nSPS) is 40.7. The van der Waals surface area contributed by atoms with E-state index in [1.807, 2.05) is 13.0 Å². The second kappa shape index (κ2) is 9.22. The van der Waals surface area contributed by atoms with Crippen molar-refractivity contribution in [2.45, 2.75) is 65.9 Å². The van der Waals surface area contributed by atoms with Crippen molar-refractivity contribution in [2.75, 3.05) is 14.1 Å². The second-order valence-electron chi connectivity index (χ2n) is 13.0. The van der Waals surface area contributed by atoms with Gasteiger partial charge in [-0.15, -0.1) is 0 Å². The van der Waals surface area contributed by atoms with Crippen molar-refractivity contribution in [2.24, 2.45) is 39.9 Å². The molecule has 5 rings (SSSR count). The maximum absolute atomic E-state index is 14.3. The highest BCUT2D eigenvalue weighted by atomic mass is 32.2. The van der Waals surface area contributed by atoms with Gasteiger partial charge in [-0.1, -0.05) is 46.3 Å². The maximum atomic E-state index is 14.3. The lowest BCUT2D eigenvalue weighted by molar-refractivity contribution is -0.184. The van der Waals surface area contributed by atoms with Crippen LogP contribution in [0.2, 0.25) is 0 Å². The summed E-state index contributed by atoms with van der Waals surface area (Å²) in [5, 5.41) is -0.807. The molecule has 0 aliphatic heterocycles. The van der Waals surface area contributed by atoms with Crippen LogP contribution >= 0.6 is 11.8 Å². The molecule has 1 amide bonds. The molecule has 0 aromatic carbocycles. The summed E-state index contributed by atoms with van der Waals surface area (Å²) in [5.41, 5.74) is -1.43. The van der Waals surface area contributed by atoms with Crippen molar-refractivity contribution in [3.63, 3.8) is 0 Å². The number of ether oxygens (including phenoxy) is 1. The van der Waals surface area contributed by atoms with Gasteiger partial charge in [0.1, 0.15) is 0 Å². The molecule has 7 nitrogen and oxygen atoms in total. The molecular weight excluding hydrogens is 514 g/mol. The molecule has 0 radical (unpaired) electrons. The van der Waals surface area contributed by atoms with Crippen molar-refractivity contribution in [1.29, 1.82) is 0 Å². The van der Waals surface area contributed by atoms with Crippen molar-refractivity contribution >= 4 is 33.9 Å². The van der Waals surface area contributed by atoms with Crippen molar-refractivity contribution < 1.29 is 28.3 Å². The number of amides is 1. The van der Waals surface area contributed by atoms with Crippen molar-refractivity contribution in [3.8, 4) is 0 Å². The largest absolute Gasteiger partial charge is 0.457 e. The smallest absolute Gasteiger partial charge is 0.375 e. The van der Waals surface area contributed by atoms with Gasteiger partial charge in [-0.25, -0.2) is 4.79 Å². The Bertz CT molecular complexity index is 1280. The number of carbonyl (C=O) groups is 4. The van der Waals surface area contributed by atoms with Gasteiger partial charge >= 0.3 is 5.97 Å². The molecule has 0 bridgehead atoms. The van der Waals surface area contributed by atoms with Crippen LogP contribution in [0.1, 0.15) is 70.9 Å². The van der Waals surface area contributed by atoms with E-state index in [0.717, 1.165) is 12.8 Å². The van der Waals surface area contributed by atoms with E-state index < -0.39 is 27.3 Å². The molecule has 2 unspecified atom stereocenters. The van der Waals surface area contributed by atoms with E-state index in [4.69, 9.17) is 9.15 Å². The predicted octanol–water partition coefficient (Wildman–Crippen LogP) is 6.31. The summed E-state index contributed by atoms with van der Waals surface area (Å²) in [4.78, 5) is 54.1. The van der Waals surface area contributed by atoms with Crippen molar-refractivity contribution in [3.05, 3.63) is 48.0 Å². The van der Waals surface area contributed by atoms with E-state index in [2.05, 4.69) is 33.8 Å². The molecule has 3 saturated carbocycles. The van der Waals surface area contributed by atoms with E-state index >= 15 is 0 Å². The Morgan fingerprint density at radius 1 is 1.10 bits per heavy atom. The zero-order valence-corrected chi connectivity index (χ0v) is 24.7. The molecule has 1 heterocycles. The number of allylic oxidation sites excluding steroid dienone is 4. The van der Waals surface area contributed by atoms with Crippen LogP contribution in [0.4, 0.5) is 4.79 Å². The number of rotatable bonds is 3. The average Bonchev–Trinajstić information content (AvgIpc) is 3.47. The Morgan fingerprint density at radius 3 is 2.46 bits per heavy atom. The number of carbonyl (C=O) groups excluding carboxylic acids is 4. The third kappa shape index (κ3) is 3.69. The Hall–Kier alpha value is -2.61. The Labute approximate surface area is 234 Å². The first-order valence-corrected chi connectivity index (χ1v) is 14.7. The number of furan rings is 1. The van der Waals surface area contributed by atoms with Crippen LogP contribution < -0.4 is 0 Å². The molecule has 0 spiro atoms. The SMILES string of the molecule is C[C@@H]1CC2C3CCC4=CC(=O)C=C[C@]4(C)[C@]3(C)[C@@H](C)C[C@]2(C)[C@@]1(OC(=O)c1ccco1)C(=O)SC(=O)N(C)C. The molecular formula is C31H39NO6S. The van der Waals surface area contributed by atoms with Crippen LogP contribution in [0.5, 0.6) is 0 Å². The van der Waals surface area contributed by atoms with Crippen LogP contribution in [-0.2, 0) is 14.3 Å². The number of thioether (sulfide) groups is 1. The van der Waals surface area contributed by atoms with Gasteiger partial charge in [-0.2, -0.15) is 0 Å². The molecule has 8 heteroatoms. The fourth-order valence-electron chi connectivity index (χ4n) is 9.01.